The molecule has 0 N–H and O–H groups in total. The lowest BCUT2D eigenvalue weighted by atomic mass is 10.0. The summed E-state index contributed by atoms with van der Waals surface area (Å²) in [6, 6.07) is 12.8. The van der Waals surface area contributed by atoms with Crippen molar-refractivity contribution in [2.75, 3.05) is 13.1 Å². The maximum Gasteiger partial charge on any atom is 0.259 e. The lowest BCUT2D eigenvalue weighted by Gasteiger charge is -2.22. The second kappa shape index (κ2) is 8.20. The fourth-order valence-electron chi connectivity index (χ4n) is 4.68. The summed E-state index contributed by atoms with van der Waals surface area (Å²) < 4.78 is 30.3. The second-order valence-electron chi connectivity index (χ2n) is 8.25. The number of thioether (sulfide) groups is 1. The van der Waals surface area contributed by atoms with Crippen LogP contribution in [0.3, 0.4) is 0 Å². The van der Waals surface area contributed by atoms with Gasteiger partial charge in [-0.05, 0) is 38.0 Å². The fourth-order valence-corrected chi connectivity index (χ4v) is 5.98. The van der Waals surface area contributed by atoms with E-state index in [-0.39, 0.29) is 23.3 Å². The van der Waals surface area contributed by atoms with E-state index in [9.17, 15) is 18.4 Å². The van der Waals surface area contributed by atoms with Gasteiger partial charge in [-0.25, -0.2) is 8.78 Å². The van der Waals surface area contributed by atoms with Crippen LogP contribution in [0.25, 0.3) is 5.69 Å². The quantitative estimate of drug-likeness (QED) is 0.547. The van der Waals surface area contributed by atoms with E-state index in [1.165, 1.54) is 30.0 Å². The Hall–Kier alpha value is -2.93. The molecule has 1 saturated heterocycles. The highest BCUT2D eigenvalue weighted by molar-refractivity contribution is 7.99. The van der Waals surface area contributed by atoms with Gasteiger partial charge in [0.1, 0.15) is 17.2 Å². The van der Waals surface area contributed by atoms with E-state index in [1.54, 1.807) is 4.90 Å². The van der Waals surface area contributed by atoms with Crippen LogP contribution in [0.5, 0.6) is 0 Å². The molecule has 0 saturated carbocycles. The number of amides is 1. The number of halogens is 2. The molecule has 2 aliphatic rings. The van der Waals surface area contributed by atoms with Crippen LogP contribution in [0.15, 0.2) is 58.2 Å². The smallest absolute Gasteiger partial charge is 0.259 e. The zero-order valence-electron chi connectivity index (χ0n) is 17.6. The summed E-state index contributed by atoms with van der Waals surface area (Å²) in [6.45, 7) is 3.11. The maximum atomic E-state index is 14.8. The van der Waals surface area contributed by atoms with Gasteiger partial charge in [-0.15, -0.1) is 11.8 Å². The van der Waals surface area contributed by atoms with Gasteiger partial charge in [-0.2, -0.15) is 0 Å². The molecule has 1 atom stereocenters. The van der Waals surface area contributed by atoms with Crippen molar-refractivity contribution in [2.45, 2.75) is 36.3 Å². The van der Waals surface area contributed by atoms with Crippen LogP contribution >= 0.6 is 11.8 Å². The minimum Gasteiger partial charge on any atom is -0.338 e. The topological polar surface area (TPSA) is 42.3 Å². The van der Waals surface area contributed by atoms with Gasteiger partial charge in [0.15, 0.2) is 5.43 Å². The van der Waals surface area contributed by atoms with Crippen LogP contribution < -0.4 is 5.43 Å². The van der Waals surface area contributed by atoms with Crippen molar-refractivity contribution in [3.63, 3.8) is 0 Å². The molecule has 0 aliphatic carbocycles. The molecule has 1 aromatic heterocycles. The molecule has 2 aliphatic heterocycles. The first-order valence-corrected chi connectivity index (χ1v) is 11.6. The average molecular weight is 453 g/mol. The number of hydrogen-bond donors (Lipinski definition) is 0. The predicted octanol–water partition coefficient (Wildman–Crippen LogP) is 5.05. The van der Waals surface area contributed by atoms with E-state index in [1.807, 2.05) is 35.8 Å². The van der Waals surface area contributed by atoms with Gasteiger partial charge in [0.25, 0.3) is 5.91 Å². The van der Waals surface area contributed by atoms with E-state index in [0.29, 0.717) is 24.3 Å². The molecule has 1 unspecified atom stereocenters. The largest absolute Gasteiger partial charge is 0.338 e. The third-order valence-electron chi connectivity index (χ3n) is 6.17. The number of fused-ring (bicyclic) bond motifs is 3. The number of pyridine rings is 1. The van der Waals surface area contributed by atoms with Crippen molar-refractivity contribution in [3.8, 4) is 5.69 Å². The van der Waals surface area contributed by atoms with Crippen molar-refractivity contribution >= 4 is 17.7 Å². The number of benzene rings is 2. The van der Waals surface area contributed by atoms with Crippen molar-refractivity contribution in [3.05, 3.63) is 92.9 Å². The number of aryl methyl sites for hydroxylation is 1. The second-order valence-corrected chi connectivity index (χ2v) is 9.50. The van der Waals surface area contributed by atoms with Crippen LogP contribution in [0.4, 0.5) is 8.78 Å². The minimum atomic E-state index is -0.636. The molecule has 0 spiro atoms. The van der Waals surface area contributed by atoms with Gasteiger partial charge in [0.2, 0.25) is 0 Å². The van der Waals surface area contributed by atoms with Gasteiger partial charge in [0.05, 0.1) is 5.69 Å². The van der Waals surface area contributed by atoms with Gasteiger partial charge in [0, 0.05) is 58.7 Å². The number of aromatic nitrogens is 1. The van der Waals surface area contributed by atoms with Crippen LogP contribution in [0, 0.1) is 18.6 Å². The molecular formula is C25H22F2N2O2S. The standard InChI is InChI=1S/C25H22F2N2O2S/c1-15-12-21(30)24(25(31)28-10-4-5-11-28)20-14-23(17-9-8-16(26)13-18(17)27)32-22-7-3-2-6-19(22)29(15)20/h2-3,6-9,12-13,23H,4-5,10-11,14H2,1H3. The number of carbonyl (C=O) groups excluding carboxylic acids is 1. The Balaban J connectivity index is 1.75. The number of rotatable bonds is 2. The lowest BCUT2D eigenvalue weighted by molar-refractivity contribution is 0.0789. The Morgan fingerprint density at radius 3 is 2.56 bits per heavy atom. The van der Waals surface area contributed by atoms with Crippen molar-refractivity contribution in [1.82, 2.24) is 9.47 Å². The van der Waals surface area contributed by atoms with Crippen molar-refractivity contribution in [1.29, 1.82) is 0 Å². The number of nitrogens with zero attached hydrogens (tertiary/aromatic N) is 2. The molecule has 7 heteroatoms. The Morgan fingerprint density at radius 2 is 1.81 bits per heavy atom. The van der Waals surface area contributed by atoms with E-state index in [0.717, 1.165) is 35.2 Å². The molecule has 1 amide bonds. The summed E-state index contributed by atoms with van der Waals surface area (Å²) in [7, 11) is 0. The van der Waals surface area contributed by atoms with Crippen LogP contribution in [-0.4, -0.2) is 28.5 Å². The molecule has 4 nitrogen and oxygen atoms in total. The predicted molar refractivity (Wildman–Crippen MR) is 121 cm³/mol. The third-order valence-corrected chi connectivity index (χ3v) is 7.47. The number of hydrogen-bond acceptors (Lipinski definition) is 3. The number of para-hydroxylation sites is 1. The van der Waals surface area contributed by atoms with Crippen molar-refractivity contribution in [2.24, 2.45) is 0 Å². The molecule has 5 rings (SSSR count). The molecule has 3 heterocycles. The van der Waals surface area contributed by atoms with Crippen LogP contribution in [0.1, 0.15) is 45.4 Å². The van der Waals surface area contributed by atoms with E-state index in [2.05, 4.69) is 0 Å². The molecule has 32 heavy (non-hydrogen) atoms. The highest BCUT2D eigenvalue weighted by Gasteiger charge is 2.32. The van der Waals surface area contributed by atoms with Gasteiger partial charge < -0.3 is 9.47 Å². The Morgan fingerprint density at radius 1 is 1.06 bits per heavy atom. The summed E-state index contributed by atoms with van der Waals surface area (Å²) in [4.78, 5) is 29.1. The van der Waals surface area contributed by atoms with E-state index < -0.39 is 16.9 Å². The zero-order chi connectivity index (χ0) is 22.4. The molecule has 0 bridgehead atoms. The Kier molecular flexibility index (Phi) is 5.37. The zero-order valence-corrected chi connectivity index (χ0v) is 18.4. The molecule has 164 valence electrons. The summed E-state index contributed by atoms with van der Waals surface area (Å²) in [5, 5.41) is -0.420. The summed E-state index contributed by atoms with van der Waals surface area (Å²) in [5.74, 6) is -1.53. The molecule has 1 fully saturated rings. The molecule has 0 radical (unpaired) electrons. The summed E-state index contributed by atoms with van der Waals surface area (Å²) in [6.07, 6.45) is 2.11. The highest BCUT2D eigenvalue weighted by atomic mass is 32.2. The Labute approximate surface area is 188 Å². The molecular weight excluding hydrogens is 430 g/mol. The average Bonchev–Trinajstić information content (AvgIpc) is 3.23. The first-order valence-electron chi connectivity index (χ1n) is 10.7. The minimum absolute atomic E-state index is 0.155. The van der Waals surface area contributed by atoms with Gasteiger partial charge in [-0.1, -0.05) is 18.2 Å². The van der Waals surface area contributed by atoms with E-state index >= 15 is 0 Å². The Bertz CT molecular complexity index is 1280. The maximum absolute atomic E-state index is 14.8. The monoisotopic (exact) mass is 452 g/mol. The number of carbonyl (C=O) groups is 1. The number of likely N-dealkylation sites (tertiary alicyclic amines) is 1. The first-order chi connectivity index (χ1) is 15.4. The fraction of sp³-hybridized carbons (Fsp3) is 0.280. The highest BCUT2D eigenvalue weighted by Crippen LogP contribution is 2.45. The SMILES string of the molecule is Cc1cc(=O)c(C(=O)N2CCCC2)c2n1-c1ccccc1SC(c1ccc(F)cc1F)C2. The van der Waals surface area contributed by atoms with Gasteiger partial charge >= 0.3 is 0 Å². The van der Waals surface area contributed by atoms with Crippen LogP contribution in [-0.2, 0) is 6.42 Å². The molecule has 3 aromatic rings. The van der Waals surface area contributed by atoms with Gasteiger partial charge in [-0.3, -0.25) is 9.59 Å². The third kappa shape index (κ3) is 3.54. The van der Waals surface area contributed by atoms with E-state index in [4.69, 9.17) is 0 Å². The summed E-state index contributed by atoms with van der Waals surface area (Å²) >= 11 is 1.46. The molecule has 2 aromatic carbocycles. The lowest BCUT2D eigenvalue weighted by Crippen LogP contribution is -2.35. The normalized spacial score (nSPS) is 17.6. The van der Waals surface area contributed by atoms with Crippen molar-refractivity contribution < 1.29 is 13.6 Å². The first kappa shape index (κ1) is 20.9. The van der Waals surface area contributed by atoms with Crippen LogP contribution in [0.2, 0.25) is 0 Å². The summed E-state index contributed by atoms with van der Waals surface area (Å²) in [5.41, 5.74) is 2.35.